The Kier molecular flexibility index (Phi) is 5.86. The minimum atomic E-state index is -0.0795. The molecule has 2 heterocycles. The third-order valence-electron chi connectivity index (χ3n) is 4.82. The predicted molar refractivity (Wildman–Crippen MR) is 110 cm³/mol. The normalized spacial score (nSPS) is 10.9. The summed E-state index contributed by atoms with van der Waals surface area (Å²) >= 11 is 0. The molecule has 1 N–H and O–H groups in total. The van der Waals surface area contributed by atoms with Gasteiger partial charge < -0.3 is 14.3 Å². The molecule has 0 spiro atoms. The number of nitrogens with one attached hydrogen (secondary N) is 1. The van der Waals surface area contributed by atoms with E-state index >= 15 is 0 Å². The molecule has 2 aromatic heterocycles. The van der Waals surface area contributed by atoms with E-state index in [0.29, 0.717) is 23.8 Å². The molecule has 0 saturated carbocycles. The van der Waals surface area contributed by atoms with Gasteiger partial charge in [-0.3, -0.25) is 4.79 Å². The van der Waals surface area contributed by atoms with Crippen molar-refractivity contribution in [3.05, 3.63) is 102 Å². The average molecular weight is 386 g/mol. The number of aromatic nitrogens is 1. The molecule has 0 aliphatic carbocycles. The number of amides is 1. The first-order valence-electron chi connectivity index (χ1n) is 9.65. The Morgan fingerprint density at radius 2 is 1.59 bits per heavy atom. The molecule has 0 fully saturated rings. The molecular weight excluding hydrogens is 364 g/mol. The fourth-order valence-corrected chi connectivity index (χ4v) is 3.41. The highest BCUT2D eigenvalue weighted by molar-refractivity contribution is 5.78. The summed E-state index contributed by atoms with van der Waals surface area (Å²) in [5, 5.41) is 6.96. The van der Waals surface area contributed by atoms with E-state index in [2.05, 4.69) is 34.7 Å². The van der Waals surface area contributed by atoms with Crippen LogP contribution >= 0.6 is 0 Å². The minimum Gasteiger partial charge on any atom is -0.461 e. The van der Waals surface area contributed by atoms with Gasteiger partial charge in [0.1, 0.15) is 0 Å². The number of furan rings is 1. The SMILES string of the molecule is O=C(Cc1cc(-c2ccco2)on1)NCCC(c1ccccc1)c1ccccc1. The summed E-state index contributed by atoms with van der Waals surface area (Å²) in [5.74, 6) is 1.27. The summed E-state index contributed by atoms with van der Waals surface area (Å²) in [4.78, 5) is 12.3. The number of carbonyl (C=O) groups excluding carboxylic acids is 1. The van der Waals surface area contributed by atoms with Gasteiger partial charge in [-0.15, -0.1) is 0 Å². The summed E-state index contributed by atoms with van der Waals surface area (Å²) in [6.45, 7) is 0.580. The molecule has 29 heavy (non-hydrogen) atoms. The van der Waals surface area contributed by atoms with Crippen LogP contribution in [0, 0.1) is 0 Å². The van der Waals surface area contributed by atoms with E-state index in [1.807, 2.05) is 36.4 Å². The van der Waals surface area contributed by atoms with Gasteiger partial charge in [0.15, 0.2) is 5.76 Å². The Hall–Kier alpha value is -3.60. The minimum absolute atomic E-state index is 0.0795. The van der Waals surface area contributed by atoms with E-state index in [0.717, 1.165) is 6.42 Å². The van der Waals surface area contributed by atoms with Gasteiger partial charge in [-0.2, -0.15) is 0 Å². The van der Waals surface area contributed by atoms with Crippen LogP contribution in [0.5, 0.6) is 0 Å². The van der Waals surface area contributed by atoms with E-state index in [-0.39, 0.29) is 18.2 Å². The maximum Gasteiger partial charge on any atom is 0.226 e. The molecule has 0 aliphatic rings. The molecule has 0 radical (unpaired) electrons. The lowest BCUT2D eigenvalue weighted by Gasteiger charge is -2.18. The molecule has 0 unspecified atom stereocenters. The first-order valence-corrected chi connectivity index (χ1v) is 9.65. The van der Waals surface area contributed by atoms with Crippen molar-refractivity contribution >= 4 is 5.91 Å². The van der Waals surface area contributed by atoms with Gasteiger partial charge in [-0.1, -0.05) is 65.8 Å². The number of benzene rings is 2. The van der Waals surface area contributed by atoms with Gasteiger partial charge in [0.2, 0.25) is 11.7 Å². The lowest BCUT2D eigenvalue weighted by atomic mass is 9.88. The Morgan fingerprint density at radius 3 is 2.21 bits per heavy atom. The monoisotopic (exact) mass is 386 g/mol. The topological polar surface area (TPSA) is 68.3 Å². The van der Waals surface area contributed by atoms with Gasteiger partial charge in [-0.25, -0.2) is 0 Å². The van der Waals surface area contributed by atoms with E-state index in [1.165, 1.54) is 11.1 Å². The van der Waals surface area contributed by atoms with E-state index in [4.69, 9.17) is 8.94 Å². The van der Waals surface area contributed by atoms with Crippen molar-refractivity contribution in [2.75, 3.05) is 6.54 Å². The molecule has 0 saturated heterocycles. The van der Waals surface area contributed by atoms with E-state index < -0.39 is 0 Å². The maximum absolute atomic E-state index is 12.3. The number of hydrogen-bond donors (Lipinski definition) is 1. The van der Waals surface area contributed by atoms with Crippen LogP contribution in [0.15, 0.2) is 94.1 Å². The van der Waals surface area contributed by atoms with Crippen molar-refractivity contribution in [2.45, 2.75) is 18.8 Å². The van der Waals surface area contributed by atoms with Gasteiger partial charge in [0.05, 0.1) is 18.4 Å². The molecule has 5 heteroatoms. The molecular formula is C24H22N2O3. The first kappa shape index (κ1) is 18.7. The molecule has 4 aromatic rings. The standard InChI is InChI=1S/C24H22N2O3/c27-24(17-20-16-23(29-26-20)22-12-7-15-28-22)25-14-13-21(18-8-3-1-4-9-18)19-10-5-2-6-11-19/h1-12,15-16,21H,13-14,17H2,(H,25,27). The van der Waals surface area contributed by atoms with E-state index in [1.54, 1.807) is 24.5 Å². The molecule has 0 atom stereocenters. The van der Waals surface area contributed by atoms with Crippen LogP contribution < -0.4 is 5.32 Å². The maximum atomic E-state index is 12.3. The van der Waals surface area contributed by atoms with Crippen molar-refractivity contribution in [3.8, 4) is 11.5 Å². The summed E-state index contributed by atoms with van der Waals surface area (Å²) in [6.07, 6.45) is 2.56. The van der Waals surface area contributed by atoms with Crippen molar-refractivity contribution in [1.29, 1.82) is 0 Å². The zero-order valence-electron chi connectivity index (χ0n) is 16.0. The molecule has 0 aliphatic heterocycles. The molecule has 0 bridgehead atoms. The van der Waals surface area contributed by atoms with Crippen molar-refractivity contribution in [1.82, 2.24) is 10.5 Å². The Bertz CT molecular complexity index is 985. The second kappa shape index (κ2) is 9.06. The highest BCUT2D eigenvalue weighted by Crippen LogP contribution is 2.27. The highest BCUT2D eigenvalue weighted by atomic mass is 16.5. The van der Waals surface area contributed by atoms with Crippen molar-refractivity contribution in [2.24, 2.45) is 0 Å². The zero-order chi connectivity index (χ0) is 19.9. The number of hydrogen-bond acceptors (Lipinski definition) is 4. The first-order chi connectivity index (χ1) is 14.3. The van der Waals surface area contributed by atoms with Crippen LogP contribution in [0.4, 0.5) is 0 Å². The quantitative estimate of drug-likeness (QED) is 0.472. The molecule has 2 aromatic carbocycles. The van der Waals surface area contributed by atoms with Crippen molar-refractivity contribution in [3.63, 3.8) is 0 Å². The van der Waals surface area contributed by atoms with Gasteiger partial charge in [0, 0.05) is 18.5 Å². The van der Waals surface area contributed by atoms with Crippen LogP contribution in [-0.4, -0.2) is 17.6 Å². The van der Waals surface area contributed by atoms with Gasteiger partial charge in [-0.05, 0) is 29.7 Å². The number of carbonyl (C=O) groups is 1. The zero-order valence-corrected chi connectivity index (χ0v) is 16.0. The fourth-order valence-electron chi connectivity index (χ4n) is 3.41. The summed E-state index contributed by atoms with van der Waals surface area (Å²) in [6, 6.07) is 26.0. The molecule has 4 rings (SSSR count). The third-order valence-corrected chi connectivity index (χ3v) is 4.82. The summed E-state index contributed by atoms with van der Waals surface area (Å²) in [7, 11) is 0. The number of nitrogens with zero attached hydrogens (tertiary/aromatic N) is 1. The summed E-state index contributed by atoms with van der Waals surface area (Å²) in [5.41, 5.74) is 3.07. The molecule has 1 amide bonds. The largest absolute Gasteiger partial charge is 0.461 e. The number of rotatable bonds is 8. The molecule has 146 valence electrons. The van der Waals surface area contributed by atoms with Gasteiger partial charge >= 0.3 is 0 Å². The van der Waals surface area contributed by atoms with Crippen molar-refractivity contribution < 1.29 is 13.7 Å². The van der Waals surface area contributed by atoms with Crippen LogP contribution in [0.1, 0.15) is 29.2 Å². The Balaban J connectivity index is 1.34. The average Bonchev–Trinajstić information content (AvgIpc) is 3.44. The van der Waals surface area contributed by atoms with Crippen LogP contribution in [0.2, 0.25) is 0 Å². The smallest absolute Gasteiger partial charge is 0.226 e. The predicted octanol–water partition coefficient (Wildman–Crippen LogP) is 4.82. The van der Waals surface area contributed by atoms with Crippen LogP contribution in [0.25, 0.3) is 11.5 Å². The lowest BCUT2D eigenvalue weighted by molar-refractivity contribution is -0.120. The second-order valence-electron chi connectivity index (χ2n) is 6.85. The second-order valence-corrected chi connectivity index (χ2v) is 6.85. The highest BCUT2D eigenvalue weighted by Gasteiger charge is 2.15. The van der Waals surface area contributed by atoms with E-state index in [9.17, 15) is 4.79 Å². The Labute approximate surface area is 169 Å². The van der Waals surface area contributed by atoms with Gasteiger partial charge in [0.25, 0.3) is 0 Å². The van der Waals surface area contributed by atoms with Crippen LogP contribution in [-0.2, 0) is 11.2 Å². The lowest BCUT2D eigenvalue weighted by Crippen LogP contribution is -2.27. The third kappa shape index (κ3) is 4.82. The summed E-state index contributed by atoms with van der Waals surface area (Å²) < 4.78 is 10.5. The fraction of sp³-hybridized carbons (Fsp3) is 0.167. The Morgan fingerprint density at radius 1 is 0.897 bits per heavy atom. The van der Waals surface area contributed by atoms with Crippen LogP contribution in [0.3, 0.4) is 0 Å². The molecule has 5 nitrogen and oxygen atoms in total.